The minimum atomic E-state index is -0.254. The van der Waals surface area contributed by atoms with E-state index in [1.54, 1.807) is 11.9 Å². The smallest absolute Gasteiger partial charge is 0.317 e. The van der Waals surface area contributed by atoms with Crippen molar-refractivity contribution in [2.24, 2.45) is 11.3 Å². The van der Waals surface area contributed by atoms with Crippen LogP contribution in [0.3, 0.4) is 0 Å². The van der Waals surface area contributed by atoms with E-state index in [-0.39, 0.29) is 30.1 Å². The molecule has 5 heteroatoms. The van der Waals surface area contributed by atoms with E-state index in [2.05, 4.69) is 5.32 Å². The van der Waals surface area contributed by atoms with Gasteiger partial charge in [-0.15, -0.1) is 0 Å². The zero-order valence-corrected chi connectivity index (χ0v) is 13.1. The number of carbonyl (C=O) groups excluding carboxylic acids is 1. The van der Waals surface area contributed by atoms with Crippen LogP contribution in [0.1, 0.15) is 46.0 Å². The van der Waals surface area contributed by atoms with Crippen molar-refractivity contribution in [3.63, 3.8) is 0 Å². The fourth-order valence-corrected chi connectivity index (χ4v) is 2.64. The fraction of sp³-hybridized carbons (Fsp3) is 0.933. The van der Waals surface area contributed by atoms with E-state index in [9.17, 15) is 9.90 Å². The predicted molar refractivity (Wildman–Crippen MR) is 79.5 cm³/mol. The lowest BCUT2D eigenvalue weighted by atomic mass is 9.89. The molecule has 2 amide bonds. The number of amides is 2. The molecular formula is C15H30N2O3. The van der Waals surface area contributed by atoms with Crippen molar-refractivity contribution < 1.29 is 15.0 Å². The quantitative estimate of drug-likeness (QED) is 0.622. The van der Waals surface area contributed by atoms with E-state index in [4.69, 9.17) is 5.11 Å². The van der Waals surface area contributed by atoms with Crippen LogP contribution in [0, 0.1) is 11.3 Å². The monoisotopic (exact) mass is 286 g/mol. The first-order valence-electron chi connectivity index (χ1n) is 7.63. The molecule has 2 unspecified atom stereocenters. The van der Waals surface area contributed by atoms with E-state index in [0.717, 1.165) is 32.1 Å². The largest absolute Gasteiger partial charge is 0.396 e. The molecule has 0 aliphatic heterocycles. The van der Waals surface area contributed by atoms with Crippen LogP contribution in [-0.2, 0) is 0 Å². The predicted octanol–water partition coefficient (Wildman–Crippen LogP) is 1.59. The summed E-state index contributed by atoms with van der Waals surface area (Å²) in [5.41, 5.74) is -0.0788. The number of hydrogen-bond acceptors (Lipinski definition) is 3. The molecule has 0 spiro atoms. The fourth-order valence-electron chi connectivity index (χ4n) is 2.64. The highest BCUT2D eigenvalue weighted by Gasteiger charge is 2.27. The molecule has 0 aromatic carbocycles. The molecular weight excluding hydrogens is 256 g/mol. The molecule has 0 bridgehead atoms. The Morgan fingerprint density at radius 3 is 2.65 bits per heavy atom. The summed E-state index contributed by atoms with van der Waals surface area (Å²) in [5, 5.41) is 21.8. The van der Waals surface area contributed by atoms with E-state index < -0.39 is 0 Å². The number of aliphatic hydroxyl groups is 2. The Morgan fingerprint density at radius 2 is 2.10 bits per heavy atom. The maximum absolute atomic E-state index is 11.9. The van der Waals surface area contributed by atoms with E-state index in [1.807, 2.05) is 13.8 Å². The van der Waals surface area contributed by atoms with Gasteiger partial charge < -0.3 is 20.4 Å². The van der Waals surface area contributed by atoms with Gasteiger partial charge in [-0.25, -0.2) is 4.79 Å². The van der Waals surface area contributed by atoms with Gasteiger partial charge in [0.2, 0.25) is 0 Å². The molecule has 0 aromatic rings. The molecule has 0 radical (unpaired) electrons. The summed E-state index contributed by atoms with van der Waals surface area (Å²) >= 11 is 0. The van der Waals surface area contributed by atoms with Crippen molar-refractivity contribution in [3.05, 3.63) is 0 Å². The van der Waals surface area contributed by atoms with Crippen molar-refractivity contribution in [2.75, 3.05) is 26.7 Å². The van der Waals surface area contributed by atoms with Crippen molar-refractivity contribution in [2.45, 2.75) is 52.1 Å². The minimum absolute atomic E-state index is 0.0779. The maximum Gasteiger partial charge on any atom is 0.317 e. The Hall–Kier alpha value is -0.810. The molecule has 118 valence electrons. The van der Waals surface area contributed by atoms with Crippen molar-refractivity contribution in [1.29, 1.82) is 0 Å². The van der Waals surface area contributed by atoms with Gasteiger partial charge in [0.25, 0.3) is 0 Å². The van der Waals surface area contributed by atoms with Crippen LogP contribution in [0.25, 0.3) is 0 Å². The summed E-state index contributed by atoms with van der Waals surface area (Å²) < 4.78 is 0. The zero-order chi connectivity index (χ0) is 15.2. The molecule has 1 aliphatic carbocycles. The standard InChI is InChI=1S/C15H30N2O3/c1-15(2,11-18)8-5-9-16-14(20)17(3)10-12-6-4-7-13(12)19/h12-13,18-19H,4-11H2,1-3H3,(H,16,20). The summed E-state index contributed by atoms with van der Waals surface area (Å²) in [5.74, 6) is 0.221. The van der Waals surface area contributed by atoms with Gasteiger partial charge in [0.05, 0.1) is 6.10 Å². The number of hydrogen-bond donors (Lipinski definition) is 3. The molecule has 2 atom stereocenters. The van der Waals surface area contributed by atoms with Gasteiger partial charge in [-0.3, -0.25) is 0 Å². The van der Waals surface area contributed by atoms with Crippen molar-refractivity contribution in [3.8, 4) is 0 Å². The average molecular weight is 286 g/mol. The second kappa shape index (κ2) is 7.84. The first-order valence-corrected chi connectivity index (χ1v) is 7.63. The van der Waals surface area contributed by atoms with Crippen LogP contribution in [0.15, 0.2) is 0 Å². The number of rotatable bonds is 7. The van der Waals surface area contributed by atoms with Crippen LogP contribution in [0.2, 0.25) is 0 Å². The van der Waals surface area contributed by atoms with E-state index in [1.165, 1.54) is 0 Å². The van der Waals surface area contributed by atoms with E-state index >= 15 is 0 Å². The molecule has 1 fully saturated rings. The summed E-state index contributed by atoms with van der Waals surface area (Å²) in [6.45, 7) is 5.44. The summed E-state index contributed by atoms with van der Waals surface area (Å²) in [6.07, 6.45) is 4.40. The van der Waals surface area contributed by atoms with Gasteiger partial charge in [-0.1, -0.05) is 20.3 Å². The van der Waals surface area contributed by atoms with Gasteiger partial charge in [0.15, 0.2) is 0 Å². The number of urea groups is 1. The van der Waals surface area contributed by atoms with Crippen LogP contribution < -0.4 is 5.32 Å². The first kappa shape index (κ1) is 17.2. The highest BCUT2D eigenvalue weighted by Crippen LogP contribution is 2.26. The second-order valence-electron chi connectivity index (χ2n) is 6.80. The summed E-state index contributed by atoms with van der Waals surface area (Å²) in [4.78, 5) is 13.6. The number of nitrogens with one attached hydrogen (secondary N) is 1. The SMILES string of the molecule is CN(CC1CCCC1O)C(=O)NCCCC(C)(C)CO. The lowest BCUT2D eigenvalue weighted by Gasteiger charge is -2.24. The molecule has 1 rings (SSSR count). The average Bonchev–Trinajstić information content (AvgIpc) is 2.80. The Balaban J connectivity index is 2.18. The van der Waals surface area contributed by atoms with Gasteiger partial charge in [0, 0.05) is 32.7 Å². The number of carbonyl (C=O) groups is 1. The molecule has 3 N–H and O–H groups in total. The highest BCUT2D eigenvalue weighted by atomic mass is 16.3. The van der Waals surface area contributed by atoms with Gasteiger partial charge in [-0.2, -0.15) is 0 Å². The lowest BCUT2D eigenvalue weighted by molar-refractivity contribution is 0.113. The van der Waals surface area contributed by atoms with Gasteiger partial charge in [-0.05, 0) is 31.1 Å². The molecule has 0 aromatic heterocycles. The molecule has 0 heterocycles. The molecule has 0 saturated heterocycles. The van der Waals surface area contributed by atoms with Crippen molar-refractivity contribution >= 4 is 6.03 Å². The molecule has 1 aliphatic rings. The normalized spacial score (nSPS) is 22.9. The van der Waals surface area contributed by atoms with Crippen LogP contribution in [0.5, 0.6) is 0 Å². The van der Waals surface area contributed by atoms with E-state index in [0.29, 0.717) is 13.1 Å². The first-order chi connectivity index (χ1) is 9.35. The van der Waals surface area contributed by atoms with Gasteiger partial charge >= 0.3 is 6.03 Å². The Kier molecular flexibility index (Phi) is 6.76. The Morgan fingerprint density at radius 1 is 1.40 bits per heavy atom. The zero-order valence-electron chi connectivity index (χ0n) is 13.1. The Bertz CT molecular complexity index is 307. The molecule has 20 heavy (non-hydrogen) atoms. The molecule has 1 saturated carbocycles. The minimum Gasteiger partial charge on any atom is -0.396 e. The maximum atomic E-state index is 11.9. The third-order valence-corrected chi connectivity index (χ3v) is 4.21. The topological polar surface area (TPSA) is 72.8 Å². The third-order valence-electron chi connectivity index (χ3n) is 4.21. The van der Waals surface area contributed by atoms with Crippen LogP contribution >= 0.6 is 0 Å². The van der Waals surface area contributed by atoms with Crippen molar-refractivity contribution in [1.82, 2.24) is 10.2 Å². The highest BCUT2D eigenvalue weighted by molar-refractivity contribution is 5.73. The number of nitrogens with zero attached hydrogens (tertiary/aromatic N) is 1. The van der Waals surface area contributed by atoms with Gasteiger partial charge in [0.1, 0.15) is 0 Å². The lowest BCUT2D eigenvalue weighted by Crippen LogP contribution is -2.41. The van der Waals surface area contributed by atoms with Crippen LogP contribution in [0.4, 0.5) is 4.79 Å². The number of aliphatic hydroxyl groups excluding tert-OH is 2. The summed E-state index contributed by atoms with van der Waals surface area (Å²) in [7, 11) is 1.78. The Labute approximate surface area is 122 Å². The third kappa shape index (κ3) is 5.67. The second-order valence-corrected chi connectivity index (χ2v) is 6.80. The summed E-state index contributed by atoms with van der Waals surface area (Å²) in [6, 6.07) is -0.0779. The van der Waals surface area contributed by atoms with Crippen LogP contribution in [-0.4, -0.2) is 54.0 Å². The molecule has 5 nitrogen and oxygen atoms in total.